The number of Topliss-reactive ketones (excluding diaryl/α,β-unsaturated/α-hetero) is 1. The van der Waals surface area contributed by atoms with E-state index in [1.165, 1.54) is 13.2 Å². The minimum atomic E-state index is -0.621. The third-order valence-corrected chi connectivity index (χ3v) is 4.89. The number of phenols is 1. The number of nitrogens with one attached hydrogen (secondary N) is 3. The SMILES string of the molecule is COc1cc(C2c3c([nH]c(=O)[nH]c3=O)NC3=CCCC(=O)C32)ccc1O. The predicted octanol–water partition coefficient (Wildman–Crippen LogP) is 1.20. The molecule has 0 amide bonds. The number of aromatic nitrogens is 2. The van der Waals surface area contributed by atoms with Crippen molar-refractivity contribution in [1.82, 2.24) is 9.97 Å². The second kappa shape index (κ2) is 5.91. The number of hydrogen-bond acceptors (Lipinski definition) is 6. The largest absolute Gasteiger partial charge is 0.504 e. The number of anilines is 1. The van der Waals surface area contributed by atoms with E-state index in [0.717, 1.165) is 0 Å². The number of phenolic OH excluding ortho intramolecular Hbond substituents is 1. The third-order valence-electron chi connectivity index (χ3n) is 4.89. The molecular weight excluding hydrogens is 338 g/mol. The monoisotopic (exact) mass is 355 g/mol. The summed E-state index contributed by atoms with van der Waals surface area (Å²) < 4.78 is 5.17. The lowest BCUT2D eigenvalue weighted by Gasteiger charge is -2.36. The highest BCUT2D eigenvalue weighted by Gasteiger charge is 2.42. The molecule has 1 aromatic heterocycles. The summed E-state index contributed by atoms with van der Waals surface area (Å²) in [5.74, 6) is -0.641. The summed E-state index contributed by atoms with van der Waals surface area (Å²) >= 11 is 0. The van der Waals surface area contributed by atoms with Gasteiger partial charge in [-0.2, -0.15) is 0 Å². The van der Waals surface area contributed by atoms with Gasteiger partial charge >= 0.3 is 5.69 Å². The molecular formula is C18H17N3O5. The van der Waals surface area contributed by atoms with Crippen molar-refractivity contribution in [1.29, 1.82) is 0 Å². The Morgan fingerprint density at radius 2 is 1.96 bits per heavy atom. The van der Waals surface area contributed by atoms with Crippen LogP contribution in [0.3, 0.4) is 0 Å². The number of ether oxygens (including phenoxy) is 1. The minimum absolute atomic E-state index is 0.0169. The van der Waals surface area contributed by atoms with Crippen LogP contribution < -0.4 is 21.3 Å². The molecule has 1 aliphatic heterocycles. The maximum atomic E-state index is 12.7. The van der Waals surface area contributed by atoms with Gasteiger partial charge in [-0.1, -0.05) is 12.1 Å². The molecule has 2 aliphatic rings. The molecule has 0 bridgehead atoms. The summed E-state index contributed by atoms with van der Waals surface area (Å²) in [6, 6.07) is 4.73. The van der Waals surface area contributed by atoms with Crippen molar-refractivity contribution in [3.8, 4) is 11.5 Å². The highest BCUT2D eigenvalue weighted by molar-refractivity contribution is 5.89. The Hall–Kier alpha value is -3.29. The van der Waals surface area contributed by atoms with Gasteiger partial charge in [0, 0.05) is 18.0 Å². The topological polar surface area (TPSA) is 124 Å². The van der Waals surface area contributed by atoms with Crippen molar-refractivity contribution >= 4 is 11.6 Å². The molecule has 4 N–H and O–H groups in total. The summed E-state index contributed by atoms with van der Waals surface area (Å²) in [5, 5.41) is 12.9. The Kier molecular flexibility index (Phi) is 3.68. The molecule has 2 unspecified atom stereocenters. The Labute approximate surface area is 147 Å². The van der Waals surface area contributed by atoms with Crippen molar-refractivity contribution in [3.63, 3.8) is 0 Å². The lowest BCUT2D eigenvalue weighted by molar-refractivity contribution is -0.122. The van der Waals surface area contributed by atoms with Crippen molar-refractivity contribution in [2.75, 3.05) is 12.4 Å². The van der Waals surface area contributed by atoms with Crippen molar-refractivity contribution in [3.05, 3.63) is 61.9 Å². The van der Waals surface area contributed by atoms with Crippen LogP contribution in [0, 0.1) is 5.92 Å². The van der Waals surface area contributed by atoms with E-state index in [2.05, 4.69) is 15.3 Å². The van der Waals surface area contributed by atoms with E-state index in [1.54, 1.807) is 12.1 Å². The van der Waals surface area contributed by atoms with Crippen LogP contribution in [0.1, 0.15) is 29.9 Å². The maximum absolute atomic E-state index is 12.7. The first kappa shape index (κ1) is 16.2. The molecule has 0 spiro atoms. The van der Waals surface area contributed by atoms with E-state index in [1.807, 2.05) is 6.08 Å². The van der Waals surface area contributed by atoms with Gasteiger partial charge in [-0.25, -0.2) is 4.79 Å². The second-order valence-electron chi connectivity index (χ2n) is 6.37. The zero-order chi connectivity index (χ0) is 18.4. The maximum Gasteiger partial charge on any atom is 0.327 e. The average Bonchev–Trinajstić information content (AvgIpc) is 2.60. The Bertz CT molecular complexity index is 1050. The van der Waals surface area contributed by atoms with Gasteiger partial charge in [-0.05, 0) is 24.1 Å². The van der Waals surface area contributed by atoms with Gasteiger partial charge in [0.05, 0.1) is 18.6 Å². The third kappa shape index (κ3) is 2.42. The van der Waals surface area contributed by atoms with Gasteiger partial charge in [-0.3, -0.25) is 19.6 Å². The van der Waals surface area contributed by atoms with E-state index in [0.29, 0.717) is 24.1 Å². The number of allylic oxidation sites excluding steroid dienone is 2. The normalized spacial score (nSPS) is 21.3. The molecule has 134 valence electrons. The van der Waals surface area contributed by atoms with E-state index < -0.39 is 23.1 Å². The lowest BCUT2D eigenvalue weighted by Crippen LogP contribution is -2.40. The van der Waals surface area contributed by atoms with Crippen LogP contribution in [0.15, 0.2) is 39.6 Å². The first-order valence-corrected chi connectivity index (χ1v) is 8.22. The van der Waals surface area contributed by atoms with Gasteiger partial charge < -0.3 is 15.2 Å². The predicted molar refractivity (Wildman–Crippen MR) is 93.6 cm³/mol. The van der Waals surface area contributed by atoms with Crippen molar-refractivity contribution in [2.24, 2.45) is 5.92 Å². The highest BCUT2D eigenvalue weighted by Crippen LogP contribution is 2.45. The number of fused-ring (bicyclic) bond motifs is 2. The van der Waals surface area contributed by atoms with Crippen LogP contribution in [-0.4, -0.2) is 28.0 Å². The molecule has 0 radical (unpaired) electrons. The Morgan fingerprint density at radius 3 is 2.73 bits per heavy atom. The summed E-state index contributed by atoms with van der Waals surface area (Å²) in [5.41, 5.74) is 0.433. The number of aromatic hydroxyl groups is 1. The molecule has 0 saturated carbocycles. The van der Waals surface area contributed by atoms with Crippen LogP contribution in [0.5, 0.6) is 11.5 Å². The fourth-order valence-corrected chi connectivity index (χ4v) is 3.77. The number of carbonyl (C=O) groups is 1. The van der Waals surface area contributed by atoms with Gasteiger partial charge in [-0.15, -0.1) is 0 Å². The summed E-state index contributed by atoms with van der Waals surface area (Å²) in [6.45, 7) is 0. The Morgan fingerprint density at radius 1 is 1.15 bits per heavy atom. The number of aromatic amines is 2. The molecule has 4 rings (SSSR count). The summed E-state index contributed by atoms with van der Waals surface area (Å²) in [4.78, 5) is 41.7. The molecule has 1 aromatic carbocycles. The fraction of sp³-hybridized carbons (Fsp3) is 0.278. The van der Waals surface area contributed by atoms with Crippen molar-refractivity contribution < 1.29 is 14.6 Å². The van der Waals surface area contributed by atoms with Crippen LogP contribution in [0.25, 0.3) is 0 Å². The molecule has 26 heavy (non-hydrogen) atoms. The fourth-order valence-electron chi connectivity index (χ4n) is 3.77. The molecule has 8 heteroatoms. The molecule has 2 atom stereocenters. The van der Waals surface area contributed by atoms with Gasteiger partial charge in [0.25, 0.3) is 5.56 Å². The van der Waals surface area contributed by atoms with E-state index in [-0.39, 0.29) is 28.7 Å². The smallest absolute Gasteiger partial charge is 0.327 e. The van der Waals surface area contributed by atoms with Crippen LogP contribution in [0.4, 0.5) is 5.82 Å². The first-order chi connectivity index (χ1) is 12.5. The zero-order valence-electron chi connectivity index (χ0n) is 14.0. The first-order valence-electron chi connectivity index (χ1n) is 8.22. The van der Waals surface area contributed by atoms with Crippen molar-refractivity contribution in [2.45, 2.75) is 18.8 Å². The van der Waals surface area contributed by atoms with Gasteiger partial charge in [0.1, 0.15) is 11.6 Å². The number of methoxy groups -OCH3 is 1. The number of hydrogen-bond donors (Lipinski definition) is 4. The number of benzene rings is 1. The van der Waals surface area contributed by atoms with Crippen LogP contribution in [-0.2, 0) is 4.79 Å². The minimum Gasteiger partial charge on any atom is -0.504 e. The number of carbonyl (C=O) groups excluding carboxylic acids is 1. The van der Waals surface area contributed by atoms with E-state index in [4.69, 9.17) is 4.74 Å². The number of H-pyrrole nitrogens is 2. The van der Waals surface area contributed by atoms with Gasteiger partial charge in [0.15, 0.2) is 11.5 Å². The summed E-state index contributed by atoms with van der Waals surface area (Å²) in [6.07, 6.45) is 2.91. The van der Waals surface area contributed by atoms with E-state index in [9.17, 15) is 19.5 Å². The van der Waals surface area contributed by atoms with Gasteiger partial charge in [0.2, 0.25) is 0 Å². The molecule has 0 saturated heterocycles. The second-order valence-corrected chi connectivity index (χ2v) is 6.37. The van der Waals surface area contributed by atoms with E-state index >= 15 is 0 Å². The number of rotatable bonds is 2. The Balaban J connectivity index is 2.00. The average molecular weight is 355 g/mol. The number of ketones is 1. The zero-order valence-corrected chi connectivity index (χ0v) is 14.0. The standard InChI is InChI=1S/C18H17N3O5/c1-26-12-7-8(5-6-10(12)22)13-14-9(3-2-4-11(14)23)19-16-15(13)17(24)21-18(25)20-16/h3,5-7,13-14,22H,2,4H2,1H3,(H3,19,20,21,24,25). The summed E-state index contributed by atoms with van der Waals surface area (Å²) in [7, 11) is 1.43. The molecule has 1 aliphatic carbocycles. The molecule has 0 fully saturated rings. The van der Waals surface area contributed by atoms with Crippen LogP contribution >= 0.6 is 0 Å². The molecule has 2 aromatic rings. The molecule has 8 nitrogen and oxygen atoms in total. The molecule has 2 heterocycles. The van der Waals surface area contributed by atoms with Crippen LogP contribution in [0.2, 0.25) is 0 Å². The highest BCUT2D eigenvalue weighted by atomic mass is 16.5. The quantitative estimate of drug-likeness (QED) is 0.642. The lowest BCUT2D eigenvalue weighted by atomic mass is 9.72.